The van der Waals surface area contributed by atoms with Gasteiger partial charge >= 0.3 is 6.03 Å². The monoisotopic (exact) mass is 435 g/mol. The molecule has 0 bridgehead atoms. The van der Waals surface area contributed by atoms with E-state index in [0.717, 1.165) is 16.3 Å². The number of aryl methyl sites for hydroxylation is 1. The number of carbonyl (C=O) groups is 3. The van der Waals surface area contributed by atoms with Crippen LogP contribution in [-0.4, -0.2) is 27.5 Å². The van der Waals surface area contributed by atoms with E-state index in [9.17, 15) is 19.5 Å². The molecule has 4 amide bonds. The number of nitrogens with one attached hydrogen (secondary N) is 1. The third kappa shape index (κ3) is 3.60. The fourth-order valence-electron chi connectivity index (χ4n) is 3.60. The molecule has 3 aromatic rings. The highest BCUT2D eigenvalue weighted by molar-refractivity contribution is 6.39. The van der Waals surface area contributed by atoms with Crippen molar-refractivity contribution in [2.24, 2.45) is 0 Å². The van der Waals surface area contributed by atoms with Gasteiger partial charge in [-0.1, -0.05) is 23.7 Å². The van der Waals surface area contributed by atoms with Gasteiger partial charge in [-0.15, -0.1) is 0 Å². The lowest BCUT2D eigenvalue weighted by Crippen LogP contribution is -2.54. The first-order valence-corrected chi connectivity index (χ1v) is 9.80. The van der Waals surface area contributed by atoms with Crippen LogP contribution in [0.25, 0.3) is 11.8 Å². The summed E-state index contributed by atoms with van der Waals surface area (Å²) in [5, 5.41) is 12.9. The Morgan fingerprint density at radius 2 is 1.68 bits per heavy atom. The average Bonchev–Trinajstić information content (AvgIpc) is 3.00. The maximum atomic E-state index is 13.1. The minimum absolute atomic E-state index is 0.106. The van der Waals surface area contributed by atoms with Crippen LogP contribution in [0.5, 0.6) is 5.75 Å². The van der Waals surface area contributed by atoms with Gasteiger partial charge in [-0.25, -0.2) is 9.69 Å². The normalized spacial score (nSPS) is 15.5. The Balaban J connectivity index is 1.77. The number of para-hydroxylation sites is 2. The Bertz CT molecular complexity index is 1260. The van der Waals surface area contributed by atoms with Gasteiger partial charge in [0.25, 0.3) is 11.8 Å². The molecule has 1 saturated heterocycles. The summed E-state index contributed by atoms with van der Waals surface area (Å²) in [6.45, 7) is 3.67. The van der Waals surface area contributed by atoms with Crippen molar-refractivity contribution >= 4 is 41.2 Å². The van der Waals surface area contributed by atoms with E-state index in [0.29, 0.717) is 22.0 Å². The Hall–Kier alpha value is -3.84. The van der Waals surface area contributed by atoms with Crippen molar-refractivity contribution in [3.63, 3.8) is 0 Å². The number of halogens is 1. The van der Waals surface area contributed by atoms with E-state index in [2.05, 4.69) is 5.32 Å². The Morgan fingerprint density at radius 1 is 1.00 bits per heavy atom. The van der Waals surface area contributed by atoms with Crippen LogP contribution in [0, 0.1) is 13.8 Å². The van der Waals surface area contributed by atoms with Gasteiger partial charge in [-0.05, 0) is 68.0 Å². The molecule has 0 unspecified atom stereocenters. The molecule has 7 nitrogen and oxygen atoms in total. The Morgan fingerprint density at radius 3 is 2.35 bits per heavy atom. The number of nitrogens with zero attached hydrogens (tertiary/aromatic N) is 2. The number of phenols is 1. The highest BCUT2D eigenvalue weighted by Gasteiger charge is 2.37. The predicted molar refractivity (Wildman–Crippen MR) is 117 cm³/mol. The fourth-order valence-corrected chi connectivity index (χ4v) is 3.72. The van der Waals surface area contributed by atoms with Gasteiger partial charge in [0.1, 0.15) is 11.3 Å². The molecule has 1 aliphatic rings. The number of hydrogen-bond donors (Lipinski definition) is 2. The molecule has 156 valence electrons. The molecule has 1 fully saturated rings. The van der Waals surface area contributed by atoms with Crippen LogP contribution in [0.15, 0.2) is 60.2 Å². The minimum atomic E-state index is -0.825. The fraction of sp³-hybridized carbons (Fsp3) is 0.0870. The Labute approximate surface area is 183 Å². The molecule has 2 N–H and O–H groups in total. The van der Waals surface area contributed by atoms with Gasteiger partial charge < -0.3 is 9.67 Å². The van der Waals surface area contributed by atoms with Crippen LogP contribution in [0.1, 0.15) is 17.0 Å². The zero-order valence-corrected chi connectivity index (χ0v) is 17.5. The number of aromatic nitrogens is 1. The minimum Gasteiger partial charge on any atom is -0.506 e. The number of urea groups is 1. The quantitative estimate of drug-likeness (QED) is 0.478. The molecular weight excluding hydrogens is 418 g/mol. The molecule has 0 atom stereocenters. The summed E-state index contributed by atoms with van der Waals surface area (Å²) in [6.07, 6.45) is 1.45. The van der Waals surface area contributed by atoms with E-state index in [1.54, 1.807) is 42.5 Å². The van der Waals surface area contributed by atoms with Gasteiger partial charge in [0, 0.05) is 16.4 Å². The van der Waals surface area contributed by atoms with Crippen LogP contribution in [0.3, 0.4) is 0 Å². The number of aromatic hydroxyl groups is 1. The summed E-state index contributed by atoms with van der Waals surface area (Å²) in [5.74, 6) is -1.40. The summed E-state index contributed by atoms with van der Waals surface area (Å²) in [6, 6.07) is 14.0. The zero-order chi connectivity index (χ0) is 22.3. The van der Waals surface area contributed by atoms with Crippen molar-refractivity contribution in [2.45, 2.75) is 13.8 Å². The number of rotatable bonds is 3. The molecule has 0 aliphatic carbocycles. The van der Waals surface area contributed by atoms with Crippen molar-refractivity contribution in [3.05, 3.63) is 82.1 Å². The number of phenolic OH excluding ortho intramolecular Hbond substituents is 1. The number of anilines is 1. The largest absolute Gasteiger partial charge is 0.506 e. The van der Waals surface area contributed by atoms with E-state index in [-0.39, 0.29) is 11.3 Å². The van der Waals surface area contributed by atoms with Crippen LogP contribution >= 0.6 is 11.6 Å². The van der Waals surface area contributed by atoms with Crippen LogP contribution in [0.2, 0.25) is 5.02 Å². The third-order valence-corrected chi connectivity index (χ3v) is 5.33. The molecule has 4 rings (SSSR count). The molecule has 2 aromatic carbocycles. The second-order valence-electron chi connectivity index (χ2n) is 7.08. The van der Waals surface area contributed by atoms with Gasteiger partial charge in [0.2, 0.25) is 0 Å². The van der Waals surface area contributed by atoms with Crippen LogP contribution in [0.4, 0.5) is 10.5 Å². The van der Waals surface area contributed by atoms with E-state index in [1.807, 2.05) is 18.4 Å². The van der Waals surface area contributed by atoms with Crippen molar-refractivity contribution in [1.29, 1.82) is 0 Å². The van der Waals surface area contributed by atoms with E-state index >= 15 is 0 Å². The molecule has 1 aliphatic heterocycles. The summed E-state index contributed by atoms with van der Waals surface area (Å²) < 4.78 is 1.83. The van der Waals surface area contributed by atoms with E-state index in [4.69, 9.17) is 11.6 Å². The number of carbonyl (C=O) groups excluding carboxylic acids is 3. The number of barbiturate groups is 1. The summed E-state index contributed by atoms with van der Waals surface area (Å²) in [7, 11) is 0. The van der Waals surface area contributed by atoms with Gasteiger partial charge in [0.15, 0.2) is 0 Å². The second kappa shape index (κ2) is 7.77. The van der Waals surface area contributed by atoms with Crippen molar-refractivity contribution < 1.29 is 19.5 Å². The molecule has 31 heavy (non-hydrogen) atoms. The molecule has 0 saturated carbocycles. The summed E-state index contributed by atoms with van der Waals surface area (Å²) in [4.78, 5) is 38.7. The molecule has 0 spiro atoms. The summed E-state index contributed by atoms with van der Waals surface area (Å²) in [5.41, 5.74) is 2.85. The molecule has 0 radical (unpaired) electrons. The summed E-state index contributed by atoms with van der Waals surface area (Å²) >= 11 is 5.89. The lowest BCUT2D eigenvalue weighted by Gasteiger charge is -2.26. The van der Waals surface area contributed by atoms with Crippen molar-refractivity contribution in [1.82, 2.24) is 9.88 Å². The maximum absolute atomic E-state index is 13.1. The number of hydrogen-bond acceptors (Lipinski definition) is 4. The lowest BCUT2D eigenvalue weighted by molar-refractivity contribution is -0.122. The Kier molecular flexibility index (Phi) is 5.12. The molecule has 8 heteroatoms. The SMILES string of the molecule is Cc1cc(C=C2C(=O)NC(=O)N(c3ccc(Cl)cc3)C2=O)c(C)n1-c1ccccc1O. The third-order valence-electron chi connectivity index (χ3n) is 5.08. The molecule has 2 heterocycles. The average molecular weight is 436 g/mol. The topological polar surface area (TPSA) is 91.6 Å². The van der Waals surface area contributed by atoms with Gasteiger partial charge in [0.05, 0.1) is 11.4 Å². The first kappa shape index (κ1) is 20.4. The second-order valence-corrected chi connectivity index (χ2v) is 7.52. The smallest absolute Gasteiger partial charge is 0.335 e. The van der Waals surface area contributed by atoms with Crippen LogP contribution < -0.4 is 10.2 Å². The first-order valence-electron chi connectivity index (χ1n) is 9.42. The first-order chi connectivity index (χ1) is 14.8. The van der Waals surface area contributed by atoms with E-state index < -0.39 is 17.8 Å². The zero-order valence-electron chi connectivity index (χ0n) is 16.7. The highest BCUT2D eigenvalue weighted by atomic mass is 35.5. The highest BCUT2D eigenvalue weighted by Crippen LogP contribution is 2.29. The van der Waals surface area contributed by atoms with Gasteiger partial charge in [-0.3, -0.25) is 14.9 Å². The molecular formula is C23H18ClN3O4. The standard InChI is InChI=1S/C23H18ClN3O4/c1-13-11-15(14(2)26(13)19-5-3-4-6-20(19)28)12-18-21(29)25-23(31)27(22(18)30)17-9-7-16(24)8-10-17/h3-12,28H,1-2H3,(H,25,29,31). The number of benzene rings is 2. The van der Waals surface area contributed by atoms with E-state index in [1.165, 1.54) is 18.2 Å². The van der Waals surface area contributed by atoms with Gasteiger partial charge in [-0.2, -0.15) is 0 Å². The predicted octanol–water partition coefficient (Wildman–Crippen LogP) is 4.12. The van der Waals surface area contributed by atoms with Crippen molar-refractivity contribution in [3.8, 4) is 11.4 Å². The number of amides is 4. The van der Waals surface area contributed by atoms with Crippen molar-refractivity contribution in [2.75, 3.05) is 4.90 Å². The number of imide groups is 2. The lowest BCUT2D eigenvalue weighted by atomic mass is 10.1. The van der Waals surface area contributed by atoms with Crippen LogP contribution in [-0.2, 0) is 9.59 Å². The molecule has 1 aromatic heterocycles. The maximum Gasteiger partial charge on any atom is 0.335 e.